The van der Waals surface area contributed by atoms with E-state index in [1.807, 2.05) is 30.3 Å². The van der Waals surface area contributed by atoms with E-state index in [4.69, 9.17) is 9.47 Å². The van der Waals surface area contributed by atoms with Crippen molar-refractivity contribution in [3.05, 3.63) is 112 Å². The molecule has 1 heterocycles. The van der Waals surface area contributed by atoms with Crippen molar-refractivity contribution in [2.75, 3.05) is 19.5 Å². The maximum atomic E-state index is 13.9. The van der Waals surface area contributed by atoms with Gasteiger partial charge in [0.05, 0.1) is 31.4 Å². The second-order valence-electron chi connectivity index (χ2n) is 10.0. The van der Waals surface area contributed by atoms with E-state index >= 15 is 0 Å². The quantitative estimate of drug-likeness (QED) is 0.349. The number of hydrogen-bond donors (Lipinski definition) is 2. The van der Waals surface area contributed by atoms with E-state index in [0.717, 1.165) is 11.6 Å². The molecule has 2 N–H and O–H groups in total. The summed E-state index contributed by atoms with van der Waals surface area (Å²) in [6.07, 6.45) is -3.93. The second-order valence-corrected chi connectivity index (χ2v) is 10.0. The Labute approximate surface area is 235 Å². The Hall–Kier alpha value is -4.53. The number of hydrogen-bond acceptors (Lipinski definition) is 5. The van der Waals surface area contributed by atoms with Gasteiger partial charge in [-0.05, 0) is 43.0 Å². The Kier molecular flexibility index (Phi) is 7.62. The molecule has 0 fully saturated rings. The lowest BCUT2D eigenvalue weighted by Crippen LogP contribution is -2.37. The van der Waals surface area contributed by atoms with Gasteiger partial charge >= 0.3 is 6.18 Å². The number of allylic oxidation sites excluding steroid dienone is 3. The fraction of sp³-hybridized carbons (Fsp3) is 0.250. The minimum absolute atomic E-state index is 0.0651. The Morgan fingerprint density at radius 1 is 0.927 bits per heavy atom. The van der Waals surface area contributed by atoms with E-state index in [1.54, 1.807) is 25.1 Å². The van der Waals surface area contributed by atoms with E-state index in [9.17, 15) is 22.8 Å². The first-order valence-electron chi connectivity index (χ1n) is 13.1. The highest BCUT2D eigenvalue weighted by molar-refractivity contribution is 6.10. The Morgan fingerprint density at radius 3 is 2.32 bits per heavy atom. The Morgan fingerprint density at radius 2 is 1.63 bits per heavy atom. The molecule has 9 heteroatoms. The predicted molar refractivity (Wildman–Crippen MR) is 149 cm³/mol. The lowest BCUT2D eigenvalue weighted by Gasteiger charge is -2.37. The fourth-order valence-corrected chi connectivity index (χ4v) is 5.78. The van der Waals surface area contributed by atoms with Crippen LogP contribution in [-0.2, 0) is 15.8 Å². The van der Waals surface area contributed by atoms with Crippen LogP contribution in [0.15, 0.2) is 95.3 Å². The number of ether oxygens (including phenoxy) is 2. The fourth-order valence-electron chi connectivity index (χ4n) is 5.78. The molecule has 0 saturated heterocycles. The summed E-state index contributed by atoms with van der Waals surface area (Å²) in [7, 11) is 2.94. The van der Waals surface area contributed by atoms with Gasteiger partial charge in [0, 0.05) is 34.5 Å². The molecule has 2 atom stereocenters. The number of benzene rings is 3. The predicted octanol–water partition coefficient (Wildman–Crippen LogP) is 6.72. The number of methoxy groups -OCH3 is 2. The van der Waals surface area contributed by atoms with Crippen LogP contribution in [0.3, 0.4) is 0 Å². The number of halogens is 3. The van der Waals surface area contributed by atoms with E-state index < -0.39 is 23.6 Å². The number of anilines is 1. The van der Waals surface area contributed by atoms with Crippen LogP contribution in [0, 0.1) is 0 Å². The molecular formula is C32H29F3N2O4. The molecule has 5 rings (SSSR count). The molecule has 0 spiro atoms. The van der Waals surface area contributed by atoms with E-state index in [-0.39, 0.29) is 29.4 Å². The van der Waals surface area contributed by atoms with Crippen LogP contribution in [0.4, 0.5) is 18.9 Å². The number of nitrogens with one attached hydrogen (secondary N) is 2. The molecule has 0 saturated carbocycles. The van der Waals surface area contributed by atoms with Gasteiger partial charge in [-0.3, -0.25) is 9.59 Å². The molecular weight excluding hydrogens is 533 g/mol. The molecule has 2 aliphatic rings. The van der Waals surface area contributed by atoms with Crippen molar-refractivity contribution in [1.29, 1.82) is 0 Å². The highest BCUT2D eigenvalue weighted by Gasteiger charge is 2.43. The summed E-state index contributed by atoms with van der Waals surface area (Å²) in [5, 5.41) is 5.72. The summed E-state index contributed by atoms with van der Waals surface area (Å²) in [4.78, 5) is 27.8. The molecule has 0 bridgehead atoms. The van der Waals surface area contributed by atoms with Gasteiger partial charge in [-0.2, -0.15) is 13.2 Å². The lowest BCUT2D eigenvalue weighted by atomic mass is 9.71. The average molecular weight is 563 g/mol. The molecule has 3 aromatic rings. The van der Waals surface area contributed by atoms with Crippen LogP contribution < -0.4 is 20.1 Å². The van der Waals surface area contributed by atoms with E-state index in [0.29, 0.717) is 40.5 Å². The number of ketones is 1. The number of alkyl halides is 3. The van der Waals surface area contributed by atoms with Gasteiger partial charge in [0.25, 0.3) is 5.91 Å². The van der Waals surface area contributed by atoms with Crippen molar-refractivity contribution < 1.29 is 32.2 Å². The molecule has 41 heavy (non-hydrogen) atoms. The van der Waals surface area contributed by atoms with Gasteiger partial charge < -0.3 is 20.1 Å². The van der Waals surface area contributed by atoms with Crippen LogP contribution in [0.25, 0.3) is 0 Å². The van der Waals surface area contributed by atoms with Crippen LogP contribution in [0.5, 0.6) is 11.5 Å². The van der Waals surface area contributed by atoms with Gasteiger partial charge in [-0.25, -0.2) is 0 Å². The SMILES string of the molecule is COc1cccc([C@@H]2C(C(=O)Nc3ccccc3C(F)(F)F)=C(C)NC3=C2C(=O)C[C@H](c2ccccc2)C3)c1OC. The van der Waals surface area contributed by atoms with Gasteiger partial charge in [-0.1, -0.05) is 54.6 Å². The molecule has 212 valence electrons. The maximum Gasteiger partial charge on any atom is 0.418 e. The van der Waals surface area contributed by atoms with Gasteiger partial charge in [0.15, 0.2) is 17.3 Å². The third-order valence-corrected chi connectivity index (χ3v) is 7.57. The third-order valence-electron chi connectivity index (χ3n) is 7.57. The number of para-hydroxylation sites is 2. The van der Waals surface area contributed by atoms with Gasteiger partial charge in [-0.15, -0.1) is 0 Å². The minimum Gasteiger partial charge on any atom is -0.493 e. The second kappa shape index (κ2) is 11.2. The van der Waals surface area contributed by atoms with Gasteiger partial charge in [0.1, 0.15) is 0 Å². The summed E-state index contributed by atoms with van der Waals surface area (Å²) >= 11 is 0. The van der Waals surface area contributed by atoms with E-state index in [2.05, 4.69) is 10.6 Å². The van der Waals surface area contributed by atoms with E-state index in [1.165, 1.54) is 32.4 Å². The Bertz CT molecular complexity index is 1560. The summed E-state index contributed by atoms with van der Waals surface area (Å²) in [5.41, 5.74) is 1.81. The van der Waals surface area contributed by atoms with Crippen LogP contribution in [0.1, 0.15) is 48.3 Å². The molecule has 3 aromatic carbocycles. The highest BCUT2D eigenvalue weighted by atomic mass is 19.4. The van der Waals surface area contributed by atoms with Crippen molar-refractivity contribution in [3.8, 4) is 11.5 Å². The number of Topliss-reactive ketones (excluding diaryl/α,β-unsaturated/α-hetero) is 1. The number of carbonyl (C=O) groups excluding carboxylic acids is 2. The summed E-state index contributed by atoms with van der Waals surface area (Å²) < 4.78 is 52.4. The molecule has 0 aromatic heterocycles. The standard InChI is InChI=1S/C32H29F3N2O4/c1-18-27(31(39)37-23-14-8-7-13-22(23)32(33,34)35)28(21-12-9-15-26(40-2)30(21)41-3)29-24(36-18)16-20(17-25(29)38)19-10-5-4-6-11-19/h4-15,20,28,36H,16-17H2,1-3H3,(H,37,39)/t20-,28-/m1/s1. The summed E-state index contributed by atoms with van der Waals surface area (Å²) in [6, 6.07) is 19.7. The highest BCUT2D eigenvalue weighted by Crippen LogP contribution is 2.49. The van der Waals surface area contributed by atoms with Crippen molar-refractivity contribution in [3.63, 3.8) is 0 Å². The molecule has 0 unspecified atom stereocenters. The molecule has 1 amide bonds. The van der Waals surface area contributed by atoms with Crippen molar-refractivity contribution in [1.82, 2.24) is 5.32 Å². The number of rotatable bonds is 6. The number of dihydropyridines is 1. The zero-order valence-corrected chi connectivity index (χ0v) is 22.8. The molecule has 1 aliphatic carbocycles. The van der Waals surface area contributed by atoms with Crippen molar-refractivity contribution >= 4 is 17.4 Å². The third kappa shape index (κ3) is 5.31. The molecule has 6 nitrogen and oxygen atoms in total. The monoisotopic (exact) mass is 562 g/mol. The Balaban J connectivity index is 1.64. The number of amides is 1. The minimum atomic E-state index is -4.67. The zero-order chi connectivity index (χ0) is 29.3. The van der Waals surface area contributed by atoms with Gasteiger partial charge in [0.2, 0.25) is 0 Å². The normalized spacial score (nSPS) is 18.9. The summed E-state index contributed by atoms with van der Waals surface area (Å²) in [6.45, 7) is 1.69. The molecule has 1 aliphatic heterocycles. The average Bonchev–Trinajstić information content (AvgIpc) is 2.95. The first kappa shape index (κ1) is 28.0. The van der Waals surface area contributed by atoms with Crippen molar-refractivity contribution in [2.24, 2.45) is 0 Å². The first-order chi connectivity index (χ1) is 19.6. The lowest BCUT2D eigenvalue weighted by molar-refractivity contribution is -0.137. The first-order valence-corrected chi connectivity index (χ1v) is 13.1. The largest absolute Gasteiger partial charge is 0.493 e. The van der Waals surface area contributed by atoms with Crippen LogP contribution in [0.2, 0.25) is 0 Å². The van der Waals surface area contributed by atoms with Crippen LogP contribution in [-0.4, -0.2) is 25.9 Å². The zero-order valence-electron chi connectivity index (χ0n) is 22.8. The topological polar surface area (TPSA) is 76.7 Å². The molecule has 0 radical (unpaired) electrons. The maximum absolute atomic E-state index is 13.9. The van der Waals surface area contributed by atoms with Crippen molar-refractivity contribution in [2.45, 2.75) is 37.8 Å². The van der Waals surface area contributed by atoms with Crippen LogP contribution >= 0.6 is 0 Å². The smallest absolute Gasteiger partial charge is 0.418 e. The number of carbonyl (C=O) groups is 2. The summed E-state index contributed by atoms with van der Waals surface area (Å²) in [5.74, 6) is -1.15.